The molecule has 1 aliphatic heterocycles. The van der Waals surface area contributed by atoms with Crippen LogP contribution >= 0.6 is 23.2 Å². The molecule has 1 atom stereocenters. The largest absolute Gasteiger partial charge is 0.316 e. The van der Waals surface area contributed by atoms with E-state index in [2.05, 4.69) is 12.2 Å². The first-order chi connectivity index (χ1) is 9.07. The highest BCUT2D eigenvalue weighted by atomic mass is 35.5. The minimum Gasteiger partial charge on any atom is -0.316 e. The molecule has 0 bridgehead atoms. The van der Waals surface area contributed by atoms with Gasteiger partial charge >= 0.3 is 0 Å². The Hall–Kier alpha value is -0.570. The second-order valence-electron chi connectivity index (χ2n) is 5.25. The minimum absolute atomic E-state index is 0.221. The van der Waals surface area contributed by atoms with E-state index in [1.54, 1.807) is 12.1 Å². The maximum Gasteiger partial charge on any atom is 0.144 e. The van der Waals surface area contributed by atoms with Crippen LogP contribution in [0.4, 0.5) is 0 Å². The zero-order chi connectivity index (χ0) is 13.9. The zero-order valence-corrected chi connectivity index (χ0v) is 12.7. The van der Waals surface area contributed by atoms with Crippen molar-refractivity contribution in [1.82, 2.24) is 5.32 Å². The Morgan fingerprint density at radius 2 is 2.21 bits per heavy atom. The summed E-state index contributed by atoms with van der Waals surface area (Å²) in [7, 11) is 0. The van der Waals surface area contributed by atoms with E-state index in [-0.39, 0.29) is 11.2 Å². The highest BCUT2D eigenvalue weighted by molar-refractivity contribution is 6.35. The van der Waals surface area contributed by atoms with Crippen molar-refractivity contribution in [3.8, 4) is 0 Å². The van der Waals surface area contributed by atoms with Crippen molar-refractivity contribution in [2.75, 3.05) is 13.1 Å². The van der Waals surface area contributed by atoms with E-state index in [4.69, 9.17) is 23.2 Å². The van der Waals surface area contributed by atoms with Gasteiger partial charge in [-0.05, 0) is 43.5 Å². The van der Waals surface area contributed by atoms with E-state index in [1.165, 1.54) is 0 Å². The van der Waals surface area contributed by atoms with Gasteiger partial charge in [-0.2, -0.15) is 0 Å². The summed E-state index contributed by atoms with van der Waals surface area (Å²) in [6.45, 7) is 3.89. The molecule has 0 saturated carbocycles. The number of halogens is 2. The van der Waals surface area contributed by atoms with Crippen LogP contribution in [0.15, 0.2) is 18.2 Å². The van der Waals surface area contributed by atoms with Gasteiger partial charge in [-0.15, -0.1) is 0 Å². The number of benzene rings is 1. The number of ketones is 1. The molecule has 0 radical (unpaired) electrons. The molecule has 4 heteroatoms. The normalized spacial score (nSPS) is 23.3. The van der Waals surface area contributed by atoms with Gasteiger partial charge in [-0.25, -0.2) is 0 Å². The predicted octanol–water partition coefficient (Wildman–Crippen LogP) is 3.88. The lowest BCUT2D eigenvalue weighted by Gasteiger charge is -2.35. The molecule has 104 valence electrons. The van der Waals surface area contributed by atoms with E-state index in [0.717, 1.165) is 37.9 Å². The van der Waals surface area contributed by atoms with Crippen LogP contribution in [0.25, 0.3) is 0 Å². The molecule has 19 heavy (non-hydrogen) atoms. The van der Waals surface area contributed by atoms with Crippen molar-refractivity contribution in [2.24, 2.45) is 5.41 Å². The molecule has 0 spiro atoms. The Kier molecular flexibility index (Phi) is 4.88. The standard InChI is InChI=1S/C15H19Cl2NO/c1-2-15(6-3-7-18-10-15)14(19)8-11-4-5-12(16)9-13(11)17/h4-5,9,18H,2-3,6-8,10H2,1H3. The molecular weight excluding hydrogens is 281 g/mol. The molecule has 1 aromatic carbocycles. The maximum atomic E-state index is 12.6. The molecule has 2 nitrogen and oxygen atoms in total. The third-order valence-corrected chi connectivity index (χ3v) is 4.69. The monoisotopic (exact) mass is 299 g/mol. The molecule has 1 unspecified atom stereocenters. The van der Waals surface area contributed by atoms with Crippen molar-refractivity contribution in [2.45, 2.75) is 32.6 Å². The van der Waals surface area contributed by atoms with Gasteiger partial charge in [0.05, 0.1) is 0 Å². The summed E-state index contributed by atoms with van der Waals surface area (Å²) in [5, 5.41) is 4.52. The molecule has 0 amide bonds. The highest BCUT2D eigenvalue weighted by Crippen LogP contribution is 2.33. The Labute approximate surface area is 124 Å². The number of hydrogen-bond acceptors (Lipinski definition) is 2. The van der Waals surface area contributed by atoms with Gasteiger partial charge in [-0.3, -0.25) is 4.79 Å². The summed E-state index contributed by atoms with van der Waals surface area (Å²) in [6, 6.07) is 5.33. The van der Waals surface area contributed by atoms with Gasteiger partial charge in [-0.1, -0.05) is 36.2 Å². The lowest BCUT2D eigenvalue weighted by molar-refractivity contribution is -0.129. The van der Waals surface area contributed by atoms with Crippen molar-refractivity contribution in [3.63, 3.8) is 0 Å². The summed E-state index contributed by atoms with van der Waals surface area (Å²) in [5.74, 6) is 0.284. The van der Waals surface area contributed by atoms with Gasteiger partial charge < -0.3 is 5.32 Å². The summed E-state index contributed by atoms with van der Waals surface area (Å²) < 4.78 is 0. The van der Waals surface area contributed by atoms with Crippen molar-refractivity contribution in [3.05, 3.63) is 33.8 Å². The molecule has 1 fully saturated rings. The number of hydrogen-bond donors (Lipinski definition) is 1. The van der Waals surface area contributed by atoms with Gasteiger partial charge in [0, 0.05) is 28.4 Å². The maximum absolute atomic E-state index is 12.6. The van der Waals surface area contributed by atoms with E-state index >= 15 is 0 Å². The van der Waals surface area contributed by atoms with Crippen LogP contribution in [0.3, 0.4) is 0 Å². The van der Waals surface area contributed by atoms with Crippen molar-refractivity contribution >= 4 is 29.0 Å². The molecule has 1 aromatic rings. The average Bonchev–Trinajstić information content (AvgIpc) is 2.42. The number of rotatable bonds is 4. The zero-order valence-electron chi connectivity index (χ0n) is 11.1. The first kappa shape index (κ1) is 14.8. The van der Waals surface area contributed by atoms with Crippen LogP contribution in [-0.2, 0) is 11.2 Å². The highest BCUT2D eigenvalue weighted by Gasteiger charge is 2.37. The van der Waals surface area contributed by atoms with E-state index in [1.807, 2.05) is 6.07 Å². The molecule has 0 aromatic heterocycles. The smallest absolute Gasteiger partial charge is 0.144 e. The Balaban J connectivity index is 2.15. The average molecular weight is 300 g/mol. The fraction of sp³-hybridized carbons (Fsp3) is 0.533. The number of carbonyl (C=O) groups excluding carboxylic acids is 1. The quantitative estimate of drug-likeness (QED) is 0.914. The second-order valence-corrected chi connectivity index (χ2v) is 6.09. The SMILES string of the molecule is CCC1(C(=O)Cc2ccc(Cl)cc2Cl)CCCNC1. The van der Waals surface area contributed by atoms with Crippen molar-refractivity contribution < 1.29 is 4.79 Å². The molecule has 0 aliphatic carbocycles. The first-order valence-corrected chi connectivity index (χ1v) is 7.51. The van der Waals surface area contributed by atoms with Crippen molar-refractivity contribution in [1.29, 1.82) is 0 Å². The Morgan fingerprint density at radius 1 is 1.42 bits per heavy atom. The second kappa shape index (κ2) is 6.25. The summed E-state index contributed by atoms with van der Waals surface area (Å²) in [6.07, 6.45) is 3.31. The lowest BCUT2D eigenvalue weighted by atomic mass is 9.73. The topological polar surface area (TPSA) is 29.1 Å². The van der Waals surface area contributed by atoms with E-state index in [9.17, 15) is 4.79 Å². The van der Waals surface area contributed by atoms with Crippen LogP contribution in [0.5, 0.6) is 0 Å². The molecule has 1 N–H and O–H groups in total. The molecular formula is C15H19Cl2NO. The molecule has 1 aliphatic rings. The Morgan fingerprint density at radius 3 is 2.79 bits per heavy atom. The molecule has 1 heterocycles. The summed E-state index contributed by atoms with van der Waals surface area (Å²) >= 11 is 12.0. The van der Waals surface area contributed by atoms with Crippen LogP contribution in [0, 0.1) is 5.41 Å². The number of carbonyl (C=O) groups is 1. The fourth-order valence-electron chi connectivity index (χ4n) is 2.73. The van der Waals surface area contributed by atoms with E-state index in [0.29, 0.717) is 16.5 Å². The number of piperidine rings is 1. The summed E-state index contributed by atoms with van der Waals surface area (Å²) in [5.41, 5.74) is 0.649. The van der Waals surface area contributed by atoms with Gasteiger partial charge in [0.15, 0.2) is 0 Å². The predicted molar refractivity (Wildman–Crippen MR) is 80.0 cm³/mol. The third kappa shape index (κ3) is 3.31. The van der Waals surface area contributed by atoms with Crippen LogP contribution in [0.2, 0.25) is 10.0 Å². The number of Topliss-reactive ketones (excluding diaryl/α,β-unsaturated/α-hetero) is 1. The van der Waals surface area contributed by atoms with Gasteiger partial charge in [0.2, 0.25) is 0 Å². The molecule has 1 saturated heterocycles. The van der Waals surface area contributed by atoms with Crippen LogP contribution in [-0.4, -0.2) is 18.9 Å². The lowest BCUT2D eigenvalue weighted by Crippen LogP contribution is -2.45. The summed E-state index contributed by atoms with van der Waals surface area (Å²) in [4.78, 5) is 12.6. The van der Waals surface area contributed by atoms with Gasteiger partial charge in [0.25, 0.3) is 0 Å². The van der Waals surface area contributed by atoms with E-state index < -0.39 is 0 Å². The van der Waals surface area contributed by atoms with Gasteiger partial charge in [0.1, 0.15) is 5.78 Å². The minimum atomic E-state index is -0.221. The van der Waals surface area contributed by atoms with Crippen LogP contribution < -0.4 is 5.32 Å². The number of nitrogens with one attached hydrogen (secondary N) is 1. The first-order valence-electron chi connectivity index (χ1n) is 6.75. The fourth-order valence-corrected chi connectivity index (χ4v) is 3.21. The molecule has 2 rings (SSSR count). The third-order valence-electron chi connectivity index (χ3n) is 4.11. The van der Waals surface area contributed by atoms with Crippen LogP contribution in [0.1, 0.15) is 31.7 Å². The Bertz CT molecular complexity index is 467.